The van der Waals surface area contributed by atoms with E-state index in [1.807, 2.05) is 6.07 Å². The van der Waals surface area contributed by atoms with E-state index in [1.54, 1.807) is 0 Å². The normalized spacial score (nSPS) is 18.5. The fourth-order valence-corrected chi connectivity index (χ4v) is 10.3. The second-order valence-electron chi connectivity index (χ2n) is 8.96. The van der Waals surface area contributed by atoms with E-state index in [0.29, 0.717) is 16.6 Å². The summed E-state index contributed by atoms with van der Waals surface area (Å²) in [6, 6.07) is 6.18. The molecule has 1 fully saturated rings. The highest BCUT2D eigenvalue weighted by atomic mass is 28.3. The lowest BCUT2D eigenvalue weighted by Gasteiger charge is -2.38. The van der Waals surface area contributed by atoms with Crippen LogP contribution < -0.4 is 9.47 Å². The van der Waals surface area contributed by atoms with Crippen molar-refractivity contribution < 1.29 is 9.47 Å². The molecule has 2 nitrogen and oxygen atoms in total. The molecule has 0 atom stereocenters. The predicted molar refractivity (Wildman–Crippen MR) is 111 cm³/mol. The smallest absolute Gasteiger partial charge is 0.251 e. The van der Waals surface area contributed by atoms with E-state index < -0.39 is 13.9 Å². The Morgan fingerprint density at radius 1 is 0.885 bits per heavy atom. The summed E-state index contributed by atoms with van der Waals surface area (Å²) in [5.74, 6) is 4.88. The van der Waals surface area contributed by atoms with Crippen LogP contribution >= 0.6 is 0 Å². The Morgan fingerprint density at radius 2 is 1.50 bits per heavy atom. The van der Waals surface area contributed by atoms with Crippen molar-refractivity contribution in [2.75, 3.05) is 0 Å². The summed E-state index contributed by atoms with van der Waals surface area (Å²) >= 11 is 0. The van der Waals surface area contributed by atoms with Gasteiger partial charge in [-0.3, -0.25) is 0 Å². The fraction of sp³-hybridized carbons (Fsp3) is 0.652. The minimum absolute atomic E-state index is 0.430. The van der Waals surface area contributed by atoms with Gasteiger partial charge in [-0.1, -0.05) is 60.0 Å². The summed E-state index contributed by atoms with van der Waals surface area (Å²) in [4.78, 5) is 0. The van der Waals surface area contributed by atoms with Crippen LogP contribution in [0.2, 0.25) is 16.6 Å². The van der Waals surface area contributed by atoms with Gasteiger partial charge in [0.1, 0.15) is 8.07 Å². The molecule has 142 valence electrons. The Balaban J connectivity index is 1.97. The summed E-state index contributed by atoms with van der Waals surface area (Å²) in [5, 5.41) is 0. The van der Waals surface area contributed by atoms with Crippen LogP contribution in [0.3, 0.4) is 0 Å². The van der Waals surface area contributed by atoms with Gasteiger partial charge in [0.2, 0.25) is 0 Å². The molecule has 2 aliphatic rings. The minimum atomic E-state index is -1.75. The van der Waals surface area contributed by atoms with Gasteiger partial charge in [0.15, 0.2) is 11.5 Å². The first-order valence-corrected chi connectivity index (χ1v) is 12.6. The summed E-state index contributed by atoms with van der Waals surface area (Å²) in [5.41, 5.74) is 6.72. The molecule has 3 rings (SSSR count). The number of rotatable bonds is 3. The van der Waals surface area contributed by atoms with Crippen LogP contribution in [0, 0.1) is 11.5 Å². The van der Waals surface area contributed by atoms with Crippen molar-refractivity contribution in [1.82, 2.24) is 0 Å². The Bertz CT molecular complexity index is 681. The Kier molecular flexibility index (Phi) is 5.44. The molecule has 26 heavy (non-hydrogen) atoms. The molecule has 1 spiro atoms. The molecule has 0 unspecified atom stereocenters. The van der Waals surface area contributed by atoms with Crippen molar-refractivity contribution in [3.05, 3.63) is 23.8 Å². The predicted octanol–water partition coefficient (Wildman–Crippen LogP) is 6.69. The van der Waals surface area contributed by atoms with Gasteiger partial charge in [-0.15, -0.1) is 5.54 Å². The highest BCUT2D eigenvalue weighted by Gasteiger charge is 2.44. The van der Waals surface area contributed by atoms with Crippen LogP contribution in [0.5, 0.6) is 11.5 Å². The maximum atomic E-state index is 6.40. The lowest BCUT2D eigenvalue weighted by molar-refractivity contribution is -0.105. The van der Waals surface area contributed by atoms with Crippen LogP contribution in [-0.4, -0.2) is 13.9 Å². The molecule has 0 aromatic heterocycles. The monoisotopic (exact) mass is 370 g/mol. The van der Waals surface area contributed by atoms with Gasteiger partial charge in [-0.25, -0.2) is 0 Å². The van der Waals surface area contributed by atoms with E-state index in [2.05, 4.69) is 65.1 Å². The first-order valence-electron chi connectivity index (χ1n) is 10.3. The van der Waals surface area contributed by atoms with Gasteiger partial charge < -0.3 is 9.47 Å². The quantitative estimate of drug-likeness (QED) is 0.436. The van der Waals surface area contributed by atoms with Gasteiger partial charge >= 0.3 is 0 Å². The van der Waals surface area contributed by atoms with E-state index in [9.17, 15) is 0 Å². The highest BCUT2D eigenvalue weighted by Crippen LogP contribution is 2.47. The van der Waals surface area contributed by atoms with Crippen LogP contribution in [-0.2, 0) is 0 Å². The lowest BCUT2D eigenvalue weighted by atomic mass is 9.94. The molecule has 3 heteroatoms. The zero-order valence-corrected chi connectivity index (χ0v) is 18.3. The number of fused-ring (bicyclic) bond motifs is 1. The van der Waals surface area contributed by atoms with Crippen LogP contribution in [0.15, 0.2) is 18.2 Å². The Labute approximate surface area is 160 Å². The number of hydrogen-bond donors (Lipinski definition) is 0. The van der Waals surface area contributed by atoms with E-state index in [1.165, 1.54) is 19.3 Å². The third-order valence-electron chi connectivity index (χ3n) is 6.46. The molecule has 1 aromatic rings. The molecule has 0 bridgehead atoms. The van der Waals surface area contributed by atoms with Crippen molar-refractivity contribution in [2.45, 2.75) is 96.1 Å². The summed E-state index contributed by atoms with van der Waals surface area (Å²) < 4.78 is 12.7. The Hall–Kier alpha value is -1.40. The molecule has 0 amide bonds. The van der Waals surface area contributed by atoms with Gasteiger partial charge in [0, 0.05) is 12.8 Å². The van der Waals surface area contributed by atoms with Crippen molar-refractivity contribution in [3.63, 3.8) is 0 Å². The zero-order valence-electron chi connectivity index (χ0n) is 17.3. The highest BCUT2D eigenvalue weighted by molar-refractivity contribution is 6.90. The van der Waals surface area contributed by atoms with Crippen LogP contribution in [0.1, 0.15) is 79.2 Å². The summed E-state index contributed by atoms with van der Waals surface area (Å²) in [7, 11) is -1.75. The molecule has 1 aliphatic carbocycles. The Morgan fingerprint density at radius 3 is 2.08 bits per heavy atom. The second kappa shape index (κ2) is 7.31. The van der Waals surface area contributed by atoms with Gasteiger partial charge in [0.05, 0.1) is 5.56 Å². The van der Waals surface area contributed by atoms with Crippen molar-refractivity contribution in [2.24, 2.45) is 0 Å². The molecule has 1 saturated carbocycles. The third kappa shape index (κ3) is 3.29. The van der Waals surface area contributed by atoms with Gasteiger partial charge in [0.25, 0.3) is 5.79 Å². The molecule has 0 radical (unpaired) electrons. The van der Waals surface area contributed by atoms with Gasteiger partial charge in [-0.2, -0.15) is 0 Å². The van der Waals surface area contributed by atoms with E-state index in [0.717, 1.165) is 29.9 Å². The number of hydrogen-bond acceptors (Lipinski definition) is 2. The SMILES string of the molecule is CC(C)[Si](C#Cc1cccc2c1OC1(CCCCC1)O2)(C(C)C)C(C)C. The summed E-state index contributed by atoms with van der Waals surface area (Å²) in [6.07, 6.45) is 5.61. The molecular weight excluding hydrogens is 336 g/mol. The van der Waals surface area contributed by atoms with E-state index in [4.69, 9.17) is 9.47 Å². The largest absolute Gasteiger partial charge is 0.448 e. The second-order valence-corrected chi connectivity index (χ2v) is 14.5. The minimum Gasteiger partial charge on any atom is -0.448 e. The van der Waals surface area contributed by atoms with Crippen LogP contribution in [0.4, 0.5) is 0 Å². The maximum Gasteiger partial charge on any atom is 0.251 e. The molecule has 0 N–H and O–H groups in total. The lowest BCUT2D eigenvalue weighted by Crippen LogP contribution is -2.43. The third-order valence-corrected chi connectivity index (χ3v) is 12.7. The van der Waals surface area contributed by atoms with Crippen molar-refractivity contribution in [1.29, 1.82) is 0 Å². The molecule has 1 heterocycles. The van der Waals surface area contributed by atoms with E-state index >= 15 is 0 Å². The number of ether oxygens (including phenoxy) is 2. The molecule has 1 aromatic carbocycles. The molecular formula is C23H34O2Si. The number of para-hydroxylation sites is 1. The average molecular weight is 371 g/mol. The average Bonchev–Trinajstić information content (AvgIpc) is 2.93. The first kappa shape index (κ1) is 19.4. The van der Waals surface area contributed by atoms with E-state index in [-0.39, 0.29) is 0 Å². The number of benzene rings is 1. The molecule has 0 saturated heterocycles. The standard InChI is InChI=1S/C23H34O2Si/c1-17(2)26(18(3)4,19(5)6)16-13-20-11-10-12-21-22(20)25-23(24-21)14-8-7-9-15-23/h10-12,17-19H,7-9,14-15H2,1-6H3. The summed E-state index contributed by atoms with van der Waals surface area (Å²) in [6.45, 7) is 14.1. The fourth-order valence-electron chi connectivity index (χ4n) is 5.11. The topological polar surface area (TPSA) is 18.5 Å². The first-order chi connectivity index (χ1) is 12.3. The van der Waals surface area contributed by atoms with Crippen molar-refractivity contribution >= 4 is 8.07 Å². The zero-order chi connectivity index (χ0) is 18.9. The van der Waals surface area contributed by atoms with Gasteiger partial charge in [-0.05, 0) is 41.6 Å². The van der Waals surface area contributed by atoms with Crippen molar-refractivity contribution in [3.8, 4) is 23.0 Å². The van der Waals surface area contributed by atoms with Crippen LogP contribution in [0.25, 0.3) is 0 Å². The maximum absolute atomic E-state index is 6.40. The molecule has 1 aliphatic heterocycles.